The van der Waals surface area contributed by atoms with E-state index in [4.69, 9.17) is 27.9 Å². The van der Waals surface area contributed by atoms with E-state index in [0.29, 0.717) is 31.1 Å². The Labute approximate surface area is 193 Å². The molecule has 6 nitrogen and oxygen atoms in total. The highest BCUT2D eigenvalue weighted by atomic mass is 35.5. The number of halogens is 2. The summed E-state index contributed by atoms with van der Waals surface area (Å²) in [6.07, 6.45) is 4.66. The standard InChI is InChI=1S/C22H26Cl2N2O4S/c1-2-3-13-30-21-19(23)14-16(15-20(21)24)22(27)25-17-7-9-18(10-8-17)31(28,29)26-11-5-4-6-12-26/h7-10,14-15H,2-6,11-13H2,1H3,(H,25,27). The van der Waals surface area contributed by atoms with Crippen LogP contribution < -0.4 is 10.1 Å². The zero-order valence-corrected chi connectivity index (χ0v) is 19.7. The number of carbonyl (C=O) groups is 1. The van der Waals surface area contributed by atoms with Gasteiger partial charge < -0.3 is 10.1 Å². The summed E-state index contributed by atoms with van der Waals surface area (Å²) in [6, 6.07) is 9.15. The van der Waals surface area contributed by atoms with E-state index in [9.17, 15) is 13.2 Å². The van der Waals surface area contributed by atoms with Gasteiger partial charge >= 0.3 is 0 Å². The maximum absolute atomic E-state index is 12.7. The molecule has 0 unspecified atom stereocenters. The van der Waals surface area contributed by atoms with Gasteiger partial charge in [0.1, 0.15) is 0 Å². The highest BCUT2D eigenvalue weighted by Gasteiger charge is 2.25. The molecule has 0 saturated carbocycles. The van der Waals surface area contributed by atoms with Crippen molar-refractivity contribution in [1.29, 1.82) is 0 Å². The molecule has 1 aliphatic rings. The number of nitrogens with one attached hydrogen (secondary N) is 1. The second kappa shape index (κ2) is 10.7. The summed E-state index contributed by atoms with van der Waals surface area (Å²) < 4.78 is 32.6. The lowest BCUT2D eigenvalue weighted by Crippen LogP contribution is -2.35. The summed E-state index contributed by atoms with van der Waals surface area (Å²) in [6.45, 7) is 3.63. The van der Waals surface area contributed by atoms with Gasteiger partial charge in [0.15, 0.2) is 5.75 Å². The van der Waals surface area contributed by atoms with Crippen LogP contribution >= 0.6 is 23.2 Å². The van der Waals surface area contributed by atoms with Gasteiger partial charge in [0.25, 0.3) is 5.91 Å². The number of sulfonamides is 1. The molecule has 1 fully saturated rings. The van der Waals surface area contributed by atoms with Crippen molar-refractivity contribution in [3.8, 4) is 5.75 Å². The lowest BCUT2D eigenvalue weighted by Gasteiger charge is -2.25. The average Bonchev–Trinajstić information content (AvgIpc) is 2.76. The molecule has 0 aromatic heterocycles. The molecule has 1 heterocycles. The number of anilines is 1. The third kappa shape index (κ3) is 5.92. The minimum Gasteiger partial charge on any atom is -0.490 e. The third-order valence-corrected chi connectivity index (χ3v) is 7.54. The van der Waals surface area contributed by atoms with E-state index < -0.39 is 15.9 Å². The minimum atomic E-state index is -3.51. The quantitative estimate of drug-likeness (QED) is 0.494. The number of benzene rings is 2. The van der Waals surface area contributed by atoms with Crippen LogP contribution in [0.4, 0.5) is 5.69 Å². The molecule has 9 heteroatoms. The Morgan fingerprint density at radius 1 is 1.06 bits per heavy atom. The third-order valence-electron chi connectivity index (χ3n) is 5.07. The largest absolute Gasteiger partial charge is 0.490 e. The highest BCUT2D eigenvalue weighted by molar-refractivity contribution is 7.89. The molecule has 0 aliphatic carbocycles. The molecular weight excluding hydrogens is 459 g/mol. The van der Waals surface area contributed by atoms with E-state index in [0.717, 1.165) is 32.1 Å². The van der Waals surface area contributed by atoms with Gasteiger partial charge in [-0.1, -0.05) is 43.0 Å². The van der Waals surface area contributed by atoms with Gasteiger partial charge in [0, 0.05) is 24.3 Å². The Balaban J connectivity index is 1.69. The van der Waals surface area contributed by atoms with Crippen molar-refractivity contribution in [3.05, 3.63) is 52.0 Å². The molecule has 2 aromatic rings. The predicted molar refractivity (Wildman–Crippen MR) is 124 cm³/mol. The molecule has 2 aromatic carbocycles. The van der Waals surface area contributed by atoms with E-state index in [1.54, 1.807) is 12.1 Å². The number of amides is 1. The lowest BCUT2D eigenvalue weighted by molar-refractivity contribution is 0.102. The molecule has 0 radical (unpaired) electrons. The summed E-state index contributed by atoms with van der Waals surface area (Å²) in [5.41, 5.74) is 0.751. The molecule has 168 valence electrons. The minimum absolute atomic E-state index is 0.215. The second-order valence-corrected chi connectivity index (χ2v) is 10.2. The van der Waals surface area contributed by atoms with Crippen LogP contribution in [0, 0.1) is 0 Å². The van der Waals surface area contributed by atoms with E-state index in [1.807, 2.05) is 0 Å². The van der Waals surface area contributed by atoms with Crippen molar-refractivity contribution in [2.24, 2.45) is 0 Å². The van der Waals surface area contributed by atoms with Crippen LogP contribution in [0.2, 0.25) is 10.0 Å². The topological polar surface area (TPSA) is 75.7 Å². The Hall–Kier alpha value is -1.80. The average molecular weight is 485 g/mol. The molecule has 31 heavy (non-hydrogen) atoms. The molecule has 1 N–H and O–H groups in total. The second-order valence-electron chi connectivity index (χ2n) is 7.41. The van der Waals surface area contributed by atoms with Gasteiger partial charge in [-0.2, -0.15) is 4.31 Å². The van der Waals surface area contributed by atoms with Crippen molar-refractivity contribution >= 4 is 44.8 Å². The van der Waals surface area contributed by atoms with E-state index in [2.05, 4.69) is 12.2 Å². The van der Waals surface area contributed by atoms with Crippen LogP contribution in [0.15, 0.2) is 41.3 Å². The van der Waals surface area contributed by atoms with E-state index in [-0.39, 0.29) is 20.5 Å². The first-order valence-corrected chi connectivity index (χ1v) is 12.6. The van der Waals surface area contributed by atoms with Crippen LogP contribution in [-0.2, 0) is 10.0 Å². The summed E-state index contributed by atoms with van der Waals surface area (Å²) in [4.78, 5) is 12.8. The maximum Gasteiger partial charge on any atom is 0.255 e. The number of hydrogen-bond donors (Lipinski definition) is 1. The first-order chi connectivity index (χ1) is 14.8. The smallest absolute Gasteiger partial charge is 0.255 e. The monoisotopic (exact) mass is 484 g/mol. The molecule has 1 aliphatic heterocycles. The predicted octanol–water partition coefficient (Wildman–Crippen LogP) is 5.60. The van der Waals surface area contributed by atoms with Crippen molar-refractivity contribution < 1.29 is 17.9 Å². The number of piperidine rings is 1. The number of carbonyl (C=O) groups excluding carboxylic acids is 1. The van der Waals surface area contributed by atoms with Gasteiger partial charge in [0.2, 0.25) is 10.0 Å². The summed E-state index contributed by atoms with van der Waals surface area (Å²) in [5.74, 6) is -0.0452. The van der Waals surface area contributed by atoms with E-state index >= 15 is 0 Å². The summed E-state index contributed by atoms with van der Waals surface area (Å²) in [5, 5.41) is 3.26. The molecule has 0 atom stereocenters. The number of ether oxygens (including phenoxy) is 1. The molecule has 0 bridgehead atoms. The number of hydrogen-bond acceptors (Lipinski definition) is 4. The van der Waals surface area contributed by atoms with E-state index in [1.165, 1.54) is 28.6 Å². The lowest BCUT2D eigenvalue weighted by atomic mass is 10.2. The fourth-order valence-corrected chi connectivity index (χ4v) is 5.43. The van der Waals surface area contributed by atoms with Crippen molar-refractivity contribution in [1.82, 2.24) is 4.31 Å². The molecule has 1 saturated heterocycles. The fourth-order valence-electron chi connectivity index (χ4n) is 3.32. The Morgan fingerprint density at radius 3 is 2.26 bits per heavy atom. The first kappa shape index (κ1) is 23.9. The molecule has 1 amide bonds. The van der Waals surface area contributed by atoms with Crippen molar-refractivity contribution in [3.63, 3.8) is 0 Å². The number of rotatable bonds is 8. The normalized spacial score (nSPS) is 14.9. The number of unbranched alkanes of at least 4 members (excludes halogenated alkanes) is 1. The fraction of sp³-hybridized carbons (Fsp3) is 0.409. The van der Waals surface area contributed by atoms with Crippen LogP contribution in [-0.4, -0.2) is 38.3 Å². The van der Waals surface area contributed by atoms with Gasteiger partial charge in [-0.3, -0.25) is 4.79 Å². The molecule has 3 rings (SSSR count). The molecule has 0 spiro atoms. The van der Waals surface area contributed by atoms with Crippen LogP contribution in [0.3, 0.4) is 0 Å². The zero-order chi connectivity index (χ0) is 22.4. The van der Waals surface area contributed by atoms with Crippen LogP contribution in [0.25, 0.3) is 0 Å². The maximum atomic E-state index is 12.7. The van der Waals surface area contributed by atoms with Gasteiger partial charge in [-0.25, -0.2) is 8.42 Å². The Bertz CT molecular complexity index is 997. The van der Waals surface area contributed by atoms with Crippen LogP contribution in [0.1, 0.15) is 49.4 Å². The number of nitrogens with zero attached hydrogens (tertiary/aromatic N) is 1. The van der Waals surface area contributed by atoms with Crippen molar-refractivity contribution in [2.45, 2.75) is 43.9 Å². The van der Waals surface area contributed by atoms with Gasteiger partial charge in [0.05, 0.1) is 21.5 Å². The SMILES string of the molecule is CCCCOc1c(Cl)cc(C(=O)Nc2ccc(S(=O)(=O)N3CCCCC3)cc2)cc1Cl. The first-order valence-electron chi connectivity index (χ1n) is 10.4. The van der Waals surface area contributed by atoms with Gasteiger partial charge in [-0.15, -0.1) is 0 Å². The van der Waals surface area contributed by atoms with Crippen molar-refractivity contribution in [2.75, 3.05) is 25.0 Å². The summed E-state index contributed by atoms with van der Waals surface area (Å²) in [7, 11) is -3.51. The zero-order valence-electron chi connectivity index (χ0n) is 17.4. The van der Waals surface area contributed by atoms with Crippen LogP contribution in [0.5, 0.6) is 5.75 Å². The Kier molecular flexibility index (Phi) is 8.22. The summed E-state index contributed by atoms with van der Waals surface area (Å²) >= 11 is 12.5. The highest BCUT2D eigenvalue weighted by Crippen LogP contribution is 2.34. The Morgan fingerprint density at radius 2 is 1.68 bits per heavy atom. The molecular formula is C22H26Cl2N2O4S. The van der Waals surface area contributed by atoms with Gasteiger partial charge in [-0.05, 0) is 55.7 Å².